The Morgan fingerprint density at radius 3 is 1.95 bits per heavy atom. The Hall–Kier alpha value is -0.0400. The minimum Gasteiger partial charge on any atom is -0.325 e. The van der Waals surface area contributed by atoms with Crippen molar-refractivity contribution in [1.82, 2.24) is 0 Å². The first-order chi connectivity index (χ1) is 10.1. The summed E-state index contributed by atoms with van der Waals surface area (Å²) in [5.41, 5.74) is 6.85. The van der Waals surface area contributed by atoms with Crippen molar-refractivity contribution < 1.29 is 0 Å². The molecular formula is C20H41N. The fourth-order valence-corrected chi connectivity index (χ4v) is 4.09. The molecule has 21 heavy (non-hydrogen) atoms. The van der Waals surface area contributed by atoms with E-state index in [1.807, 2.05) is 0 Å². The smallest absolute Gasteiger partial charge is 0.0182 e. The van der Waals surface area contributed by atoms with Crippen LogP contribution in [0.3, 0.4) is 0 Å². The minimum atomic E-state index is 0.151. The van der Waals surface area contributed by atoms with E-state index in [0.29, 0.717) is 5.92 Å². The number of hydrogen-bond donors (Lipinski definition) is 1. The Labute approximate surface area is 134 Å². The van der Waals surface area contributed by atoms with Crippen molar-refractivity contribution in [2.24, 2.45) is 17.6 Å². The molecule has 126 valence electrons. The predicted molar refractivity (Wildman–Crippen MR) is 95.6 cm³/mol. The van der Waals surface area contributed by atoms with E-state index in [1.165, 1.54) is 89.9 Å². The van der Waals surface area contributed by atoms with Gasteiger partial charge in [-0.3, -0.25) is 0 Å². The van der Waals surface area contributed by atoms with E-state index < -0.39 is 0 Å². The van der Waals surface area contributed by atoms with Crippen molar-refractivity contribution in [3.05, 3.63) is 0 Å². The molecule has 0 aromatic rings. The lowest BCUT2D eigenvalue weighted by Crippen LogP contribution is -2.50. The number of rotatable bonds is 11. The summed E-state index contributed by atoms with van der Waals surface area (Å²) >= 11 is 0. The van der Waals surface area contributed by atoms with E-state index in [0.717, 1.165) is 5.92 Å². The van der Waals surface area contributed by atoms with Crippen LogP contribution in [-0.2, 0) is 0 Å². The second-order valence-corrected chi connectivity index (χ2v) is 7.82. The second-order valence-electron chi connectivity index (χ2n) is 7.82. The summed E-state index contributed by atoms with van der Waals surface area (Å²) in [5.74, 6) is 1.54. The van der Waals surface area contributed by atoms with Gasteiger partial charge in [-0.1, -0.05) is 97.8 Å². The molecule has 1 aliphatic rings. The summed E-state index contributed by atoms with van der Waals surface area (Å²) in [5, 5.41) is 0. The highest BCUT2D eigenvalue weighted by molar-refractivity contribution is 4.94. The van der Waals surface area contributed by atoms with Crippen molar-refractivity contribution >= 4 is 0 Å². The van der Waals surface area contributed by atoms with E-state index in [1.54, 1.807) is 0 Å². The normalized spacial score (nSPS) is 29.7. The van der Waals surface area contributed by atoms with E-state index in [-0.39, 0.29) is 5.54 Å². The first kappa shape index (κ1) is 19.0. The SMILES string of the molecule is CCCCCCCCCCCCC1(N)CCCC(C)C1C. The molecule has 0 aromatic heterocycles. The second kappa shape index (κ2) is 10.6. The van der Waals surface area contributed by atoms with Crippen molar-refractivity contribution in [3.8, 4) is 0 Å². The highest BCUT2D eigenvalue weighted by Gasteiger charge is 2.37. The summed E-state index contributed by atoms with van der Waals surface area (Å²) in [6.07, 6.45) is 19.5. The van der Waals surface area contributed by atoms with Crippen LogP contribution in [-0.4, -0.2) is 5.54 Å². The van der Waals surface area contributed by atoms with Crippen molar-refractivity contribution in [2.75, 3.05) is 0 Å². The maximum absolute atomic E-state index is 6.70. The zero-order chi connectivity index (χ0) is 15.6. The van der Waals surface area contributed by atoms with E-state index >= 15 is 0 Å². The van der Waals surface area contributed by atoms with E-state index in [2.05, 4.69) is 20.8 Å². The molecule has 1 nitrogen and oxygen atoms in total. The quantitative estimate of drug-likeness (QED) is 0.435. The van der Waals surface area contributed by atoms with Gasteiger partial charge in [0.1, 0.15) is 0 Å². The molecule has 2 N–H and O–H groups in total. The maximum atomic E-state index is 6.70. The van der Waals surface area contributed by atoms with Gasteiger partial charge in [-0.15, -0.1) is 0 Å². The number of hydrogen-bond acceptors (Lipinski definition) is 1. The minimum absolute atomic E-state index is 0.151. The molecule has 1 saturated carbocycles. The van der Waals surface area contributed by atoms with Crippen LogP contribution in [0.2, 0.25) is 0 Å². The topological polar surface area (TPSA) is 26.0 Å². The lowest BCUT2D eigenvalue weighted by molar-refractivity contribution is 0.131. The van der Waals surface area contributed by atoms with Crippen molar-refractivity contribution in [1.29, 1.82) is 0 Å². The van der Waals surface area contributed by atoms with Gasteiger partial charge in [0, 0.05) is 5.54 Å². The standard InChI is InChI=1S/C20H41N/c1-4-5-6-7-8-9-10-11-12-13-16-20(21)17-14-15-18(2)19(20)3/h18-19H,4-17,21H2,1-3H3. The van der Waals surface area contributed by atoms with E-state index in [9.17, 15) is 0 Å². The molecular weight excluding hydrogens is 254 g/mol. The Morgan fingerprint density at radius 2 is 1.38 bits per heavy atom. The lowest BCUT2D eigenvalue weighted by Gasteiger charge is -2.43. The Bertz CT molecular complexity index is 250. The number of unbranched alkanes of at least 4 members (excludes halogenated alkanes) is 9. The molecule has 1 rings (SSSR count). The Morgan fingerprint density at radius 1 is 0.857 bits per heavy atom. The zero-order valence-electron chi connectivity index (χ0n) is 15.1. The molecule has 0 heterocycles. The molecule has 0 aliphatic heterocycles. The first-order valence-electron chi connectivity index (χ1n) is 9.89. The largest absolute Gasteiger partial charge is 0.325 e. The van der Waals surface area contributed by atoms with Gasteiger partial charge in [0.15, 0.2) is 0 Å². The Balaban J connectivity index is 1.98. The van der Waals surface area contributed by atoms with Gasteiger partial charge in [-0.25, -0.2) is 0 Å². The zero-order valence-corrected chi connectivity index (χ0v) is 15.1. The van der Waals surface area contributed by atoms with E-state index in [4.69, 9.17) is 5.73 Å². The number of nitrogens with two attached hydrogens (primary N) is 1. The van der Waals surface area contributed by atoms with Crippen LogP contribution in [0.4, 0.5) is 0 Å². The van der Waals surface area contributed by atoms with Crippen molar-refractivity contribution in [2.45, 2.75) is 116 Å². The summed E-state index contributed by atoms with van der Waals surface area (Å²) in [6, 6.07) is 0. The Kier molecular flexibility index (Phi) is 9.64. The molecule has 1 fully saturated rings. The van der Waals surface area contributed by atoms with Gasteiger partial charge in [0.05, 0.1) is 0 Å². The molecule has 0 aromatic carbocycles. The summed E-state index contributed by atoms with van der Waals surface area (Å²) in [4.78, 5) is 0. The highest BCUT2D eigenvalue weighted by Crippen LogP contribution is 2.38. The molecule has 3 unspecified atom stereocenters. The summed E-state index contributed by atoms with van der Waals surface area (Å²) in [6.45, 7) is 7.07. The first-order valence-corrected chi connectivity index (χ1v) is 9.89. The van der Waals surface area contributed by atoms with Gasteiger partial charge < -0.3 is 5.73 Å². The van der Waals surface area contributed by atoms with Crippen molar-refractivity contribution in [3.63, 3.8) is 0 Å². The molecule has 1 heteroatoms. The molecule has 0 amide bonds. The summed E-state index contributed by atoms with van der Waals surface area (Å²) in [7, 11) is 0. The average Bonchev–Trinajstić information content (AvgIpc) is 2.47. The molecule has 1 aliphatic carbocycles. The van der Waals surface area contributed by atoms with Gasteiger partial charge in [0.2, 0.25) is 0 Å². The summed E-state index contributed by atoms with van der Waals surface area (Å²) < 4.78 is 0. The third-order valence-corrected chi connectivity index (χ3v) is 6.06. The van der Waals surface area contributed by atoms with Crippen LogP contribution >= 0.6 is 0 Å². The van der Waals surface area contributed by atoms with Gasteiger partial charge in [0.25, 0.3) is 0 Å². The fraction of sp³-hybridized carbons (Fsp3) is 1.00. The third kappa shape index (κ3) is 7.17. The fourth-order valence-electron chi connectivity index (χ4n) is 4.09. The predicted octanol–water partition coefficient (Wildman–Crippen LogP) is 6.45. The van der Waals surface area contributed by atoms with Crippen LogP contribution in [0.1, 0.15) is 111 Å². The van der Waals surface area contributed by atoms with Crippen LogP contribution < -0.4 is 5.73 Å². The average molecular weight is 296 g/mol. The van der Waals surface area contributed by atoms with Gasteiger partial charge >= 0.3 is 0 Å². The maximum Gasteiger partial charge on any atom is 0.0182 e. The lowest BCUT2D eigenvalue weighted by atomic mass is 9.67. The van der Waals surface area contributed by atoms with Crippen LogP contribution in [0.5, 0.6) is 0 Å². The monoisotopic (exact) mass is 295 g/mol. The highest BCUT2D eigenvalue weighted by atomic mass is 14.8. The molecule has 0 spiro atoms. The molecule has 0 bridgehead atoms. The third-order valence-electron chi connectivity index (χ3n) is 6.06. The van der Waals surface area contributed by atoms with Crippen LogP contribution in [0, 0.1) is 11.8 Å². The van der Waals surface area contributed by atoms with Crippen LogP contribution in [0.15, 0.2) is 0 Å². The molecule has 0 saturated heterocycles. The molecule has 0 radical (unpaired) electrons. The van der Waals surface area contributed by atoms with Gasteiger partial charge in [-0.05, 0) is 24.7 Å². The van der Waals surface area contributed by atoms with Gasteiger partial charge in [-0.2, -0.15) is 0 Å². The molecule has 3 atom stereocenters. The van der Waals surface area contributed by atoms with Crippen LogP contribution in [0.25, 0.3) is 0 Å².